The number of hydrogen-bond donors (Lipinski definition) is 3. The highest BCUT2D eigenvalue weighted by atomic mass is 35.5. The van der Waals surface area contributed by atoms with Crippen molar-refractivity contribution in [3.05, 3.63) is 40.4 Å². The van der Waals surface area contributed by atoms with E-state index in [2.05, 4.69) is 20.3 Å². The second kappa shape index (κ2) is 9.60. The Morgan fingerprint density at radius 2 is 1.86 bits per heavy atom. The summed E-state index contributed by atoms with van der Waals surface area (Å²) in [4.78, 5) is 11.7. The highest BCUT2D eigenvalue weighted by Gasteiger charge is 2.48. The summed E-state index contributed by atoms with van der Waals surface area (Å²) in [5, 5.41) is 13.0. The van der Waals surface area contributed by atoms with Gasteiger partial charge in [-0.2, -0.15) is 4.98 Å². The van der Waals surface area contributed by atoms with Gasteiger partial charge in [-0.25, -0.2) is 13.8 Å². The number of ether oxygens (including phenoxy) is 5. The topological polar surface area (TPSA) is 120 Å². The molecule has 3 fully saturated rings. The van der Waals surface area contributed by atoms with Crippen molar-refractivity contribution in [3.63, 3.8) is 0 Å². The van der Waals surface area contributed by atoms with Gasteiger partial charge in [-0.3, -0.25) is 0 Å². The van der Waals surface area contributed by atoms with Crippen LogP contribution in [-0.4, -0.2) is 77.5 Å². The number of aliphatic hydroxyl groups is 1. The number of aromatic nitrogens is 3. The lowest BCUT2D eigenvalue weighted by Gasteiger charge is -2.25. The van der Waals surface area contributed by atoms with E-state index in [0.717, 1.165) is 12.1 Å². The van der Waals surface area contributed by atoms with Crippen molar-refractivity contribution < 1.29 is 37.6 Å². The molecule has 3 saturated heterocycles. The molecule has 5 heterocycles. The van der Waals surface area contributed by atoms with E-state index in [9.17, 15) is 13.9 Å². The molecule has 0 amide bonds. The number of imidazole rings is 1. The van der Waals surface area contributed by atoms with Crippen molar-refractivity contribution in [2.75, 3.05) is 38.4 Å². The van der Waals surface area contributed by atoms with E-state index in [0.29, 0.717) is 31.0 Å². The van der Waals surface area contributed by atoms with Crippen molar-refractivity contribution >= 4 is 28.6 Å². The van der Waals surface area contributed by atoms with E-state index in [1.807, 2.05) is 0 Å². The van der Waals surface area contributed by atoms with Crippen molar-refractivity contribution in [1.29, 1.82) is 0 Å². The van der Waals surface area contributed by atoms with Crippen LogP contribution < -0.4 is 14.8 Å². The van der Waals surface area contributed by atoms with Crippen molar-refractivity contribution in [2.45, 2.75) is 31.0 Å². The van der Waals surface area contributed by atoms with Crippen LogP contribution in [0.4, 0.5) is 14.6 Å². The molecule has 3 N–H and O–H groups in total. The third kappa shape index (κ3) is 4.55. The molecule has 3 aromatic rings. The van der Waals surface area contributed by atoms with E-state index < -0.39 is 36.1 Å². The predicted molar refractivity (Wildman–Crippen MR) is 122 cm³/mol. The third-order valence-electron chi connectivity index (χ3n) is 6.39. The van der Waals surface area contributed by atoms with Crippen molar-refractivity contribution in [2.24, 2.45) is 5.92 Å². The van der Waals surface area contributed by atoms with E-state index in [-0.39, 0.29) is 53.8 Å². The number of aliphatic hydroxyl groups excluding tert-OH is 1. The molecule has 1 aromatic carbocycles. The Kier molecular flexibility index (Phi) is 6.30. The molecule has 0 radical (unpaired) electrons. The predicted octanol–water partition coefficient (Wildman–Crippen LogP) is 2.43. The minimum atomic E-state index is -0.744. The Morgan fingerprint density at radius 1 is 1.08 bits per heavy atom. The van der Waals surface area contributed by atoms with Gasteiger partial charge in [0.2, 0.25) is 0 Å². The lowest BCUT2D eigenvalue weighted by atomic mass is 10.1. The number of fused-ring (bicyclic) bond motifs is 2. The summed E-state index contributed by atoms with van der Waals surface area (Å²) in [6.45, 7) is 1.76. The fourth-order valence-corrected chi connectivity index (χ4v) is 4.58. The Morgan fingerprint density at radius 3 is 2.61 bits per heavy atom. The molecule has 10 nitrogen and oxygen atoms in total. The largest absolute Gasteiger partial charge is 0.493 e. The summed E-state index contributed by atoms with van der Waals surface area (Å²) >= 11 is 6.33. The van der Waals surface area contributed by atoms with Crippen LogP contribution in [-0.2, 0) is 20.8 Å². The van der Waals surface area contributed by atoms with Crippen LogP contribution in [0.1, 0.15) is 5.56 Å². The van der Waals surface area contributed by atoms with Gasteiger partial charge in [0.15, 0.2) is 11.8 Å². The first-order valence-corrected chi connectivity index (χ1v) is 11.9. The van der Waals surface area contributed by atoms with Gasteiger partial charge in [0.05, 0.1) is 43.6 Å². The molecule has 6 rings (SSSR count). The molecular formula is C23H23ClF2N4O6. The molecule has 36 heavy (non-hydrogen) atoms. The number of nitrogens with one attached hydrogen (secondary N) is 2. The zero-order valence-electron chi connectivity index (χ0n) is 18.9. The van der Waals surface area contributed by atoms with Crippen LogP contribution in [0.15, 0.2) is 18.2 Å². The molecule has 192 valence electrons. The summed E-state index contributed by atoms with van der Waals surface area (Å²) in [5.74, 6) is -0.921. The van der Waals surface area contributed by atoms with Crippen molar-refractivity contribution in [1.82, 2.24) is 15.0 Å². The number of pyridine rings is 1. The van der Waals surface area contributed by atoms with E-state index in [1.54, 1.807) is 6.07 Å². The number of anilines is 1. The minimum absolute atomic E-state index is 0.124. The quantitative estimate of drug-likeness (QED) is 0.408. The number of hydrogen-bond acceptors (Lipinski definition) is 9. The standard InChI is InChI=1S/C23H23ClF2N4O6/c24-13-3-16-22(30-23(28-16)36-18-9-35-19-17(31)8-34-20(18)19)29-21(13)27-4-12-14(25)1-11(2-15(12)26)33-7-10-5-32-6-10/h1-3,10,17-20,31H,4-9H2,(H2,27,28,29,30)/t17-,18-,19-,20-/m1/s1. The van der Waals surface area contributed by atoms with E-state index in [4.69, 9.17) is 35.3 Å². The zero-order chi connectivity index (χ0) is 24.8. The van der Waals surface area contributed by atoms with Crippen LogP contribution in [0.3, 0.4) is 0 Å². The average Bonchev–Trinajstić information content (AvgIpc) is 3.49. The third-order valence-corrected chi connectivity index (χ3v) is 6.68. The highest BCUT2D eigenvalue weighted by molar-refractivity contribution is 6.33. The summed E-state index contributed by atoms with van der Waals surface area (Å²) in [6, 6.07) is 4.08. The average molecular weight is 525 g/mol. The van der Waals surface area contributed by atoms with Gasteiger partial charge in [-0.15, -0.1) is 0 Å². The Hall–Kier alpha value is -2.77. The van der Waals surface area contributed by atoms with Crippen molar-refractivity contribution in [3.8, 4) is 11.8 Å². The van der Waals surface area contributed by atoms with E-state index in [1.165, 1.54) is 0 Å². The van der Waals surface area contributed by atoms with Gasteiger partial charge in [-0.1, -0.05) is 11.6 Å². The molecule has 0 unspecified atom stereocenters. The van der Waals surface area contributed by atoms with Gasteiger partial charge < -0.3 is 39.1 Å². The number of H-pyrrole nitrogens is 1. The minimum Gasteiger partial charge on any atom is -0.493 e. The lowest BCUT2D eigenvalue weighted by Crippen LogP contribution is -2.34. The highest BCUT2D eigenvalue weighted by Crippen LogP contribution is 2.31. The van der Waals surface area contributed by atoms with Crippen LogP contribution >= 0.6 is 11.6 Å². The van der Waals surface area contributed by atoms with Gasteiger partial charge >= 0.3 is 0 Å². The van der Waals surface area contributed by atoms with Crippen LogP contribution in [0.25, 0.3) is 11.2 Å². The maximum Gasteiger partial charge on any atom is 0.296 e. The first kappa shape index (κ1) is 23.6. The zero-order valence-corrected chi connectivity index (χ0v) is 19.6. The van der Waals surface area contributed by atoms with Crippen LogP contribution in [0.2, 0.25) is 5.02 Å². The number of aromatic amines is 1. The molecule has 0 saturated carbocycles. The molecule has 13 heteroatoms. The monoisotopic (exact) mass is 524 g/mol. The molecule has 2 aromatic heterocycles. The van der Waals surface area contributed by atoms with Gasteiger partial charge in [0.1, 0.15) is 41.5 Å². The molecule has 0 spiro atoms. The number of rotatable bonds is 8. The summed E-state index contributed by atoms with van der Waals surface area (Å²) in [7, 11) is 0. The number of benzene rings is 1. The molecule has 4 atom stereocenters. The van der Waals surface area contributed by atoms with Gasteiger partial charge in [-0.05, 0) is 6.07 Å². The maximum absolute atomic E-state index is 14.6. The molecule has 0 aliphatic carbocycles. The van der Waals surface area contributed by atoms with Gasteiger partial charge in [0.25, 0.3) is 6.01 Å². The first-order valence-electron chi connectivity index (χ1n) is 11.5. The number of halogens is 3. The molecule has 0 bridgehead atoms. The maximum atomic E-state index is 14.6. The second-order valence-electron chi connectivity index (χ2n) is 8.98. The Balaban J connectivity index is 1.13. The summed E-state index contributed by atoms with van der Waals surface area (Å²) in [6.07, 6.45) is -1.95. The fraction of sp³-hybridized carbons (Fsp3) is 0.478. The first-order chi connectivity index (χ1) is 17.4. The lowest BCUT2D eigenvalue weighted by molar-refractivity contribution is -0.0509. The normalized spacial score (nSPS) is 25.7. The summed E-state index contributed by atoms with van der Waals surface area (Å²) in [5.41, 5.74) is 0.636. The molecular weight excluding hydrogens is 502 g/mol. The SMILES string of the molecule is O[C@@H]1CO[C@H]2[C@@H]1OC[C@H]2Oc1nc2nc(NCc3c(F)cc(OCC4COC4)cc3F)c(Cl)cc2[nH]1. The van der Waals surface area contributed by atoms with Crippen LogP contribution in [0, 0.1) is 17.6 Å². The molecule has 3 aliphatic rings. The number of nitrogens with zero attached hydrogens (tertiary/aromatic N) is 2. The summed E-state index contributed by atoms with van der Waals surface area (Å²) < 4.78 is 56.7. The van der Waals surface area contributed by atoms with Crippen LogP contribution in [0.5, 0.6) is 11.8 Å². The van der Waals surface area contributed by atoms with E-state index >= 15 is 0 Å². The Labute approximate surface area is 208 Å². The smallest absolute Gasteiger partial charge is 0.296 e. The molecule has 3 aliphatic heterocycles. The van der Waals surface area contributed by atoms with Gasteiger partial charge in [0, 0.05) is 30.2 Å². The fourth-order valence-electron chi connectivity index (χ4n) is 4.36. The second-order valence-corrected chi connectivity index (χ2v) is 9.39. The Bertz CT molecular complexity index is 1250.